The van der Waals surface area contributed by atoms with Gasteiger partial charge in [0.15, 0.2) is 0 Å². The number of fused-ring (bicyclic) bond motifs is 1. The van der Waals surface area contributed by atoms with E-state index < -0.39 is 0 Å². The molecular formula is C14H20O. The lowest BCUT2D eigenvalue weighted by atomic mass is 9.88. The van der Waals surface area contributed by atoms with E-state index in [1.54, 1.807) is 0 Å². The Labute approximate surface area is 92.1 Å². The summed E-state index contributed by atoms with van der Waals surface area (Å²) < 4.78 is 0. The first kappa shape index (κ1) is 10.7. The van der Waals surface area contributed by atoms with Crippen molar-refractivity contribution in [3.8, 4) is 0 Å². The van der Waals surface area contributed by atoms with Crippen molar-refractivity contribution in [1.82, 2.24) is 0 Å². The van der Waals surface area contributed by atoms with Crippen molar-refractivity contribution in [2.45, 2.75) is 45.6 Å². The van der Waals surface area contributed by atoms with Crippen molar-refractivity contribution in [2.24, 2.45) is 5.92 Å². The van der Waals surface area contributed by atoms with E-state index in [2.05, 4.69) is 32.0 Å². The van der Waals surface area contributed by atoms with Crippen molar-refractivity contribution in [3.63, 3.8) is 0 Å². The maximum absolute atomic E-state index is 10.00. The molecule has 0 fully saturated rings. The SMILES string of the molecule is CC(C)[C@@H](O)c1ccc2c(c1)CCCC2. The summed E-state index contributed by atoms with van der Waals surface area (Å²) in [5, 5.41) is 10.00. The second kappa shape index (κ2) is 4.36. The lowest BCUT2D eigenvalue weighted by Gasteiger charge is -2.20. The van der Waals surface area contributed by atoms with Crippen molar-refractivity contribution < 1.29 is 5.11 Å². The van der Waals surface area contributed by atoms with Crippen molar-refractivity contribution >= 4 is 0 Å². The molecule has 15 heavy (non-hydrogen) atoms. The molecule has 2 rings (SSSR count). The Morgan fingerprint density at radius 2 is 1.73 bits per heavy atom. The van der Waals surface area contributed by atoms with Gasteiger partial charge in [0.2, 0.25) is 0 Å². The molecule has 0 amide bonds. The minimum absolute atomic E-state index is 0.298. The van der Waals surface area contributed by atoms with E-state index in [1.807, 2.05) is 0 Å². The Morgan fingerprint density at radius 1 is 1.07 bits per heavy atom. The van der Waals surface area contributed by atoms with Gasteiger partial charge in [-0.3, -0.25) is 0 Å². The minimum atomic E-state index is -0.308. The van der Waals surface area contributed by atoms with Gasteiger partial charge < -0.3 is 5.11 Å². The van der Waals surface area contributed by atoms with Gasteiger partial charge in [-0.25, -0.2) is 0 Å². The molecule has 1 N–H and O–H groups in total. The number of aryl methyl sites for hydroxylation is 2. The van der Waals surface area contributed by atoms with Crippen molar-refractivity contribution in [3.05, 3.63) is 34.9 Å². The maximum Gasteiger partial charge on any atom is 0.0813 e. The highest BCUT2D eigenvalue weighted by molar-refractivity contribution is 5.34. The molecule has 82 valence electrons. The fourth-order valence-electron chi connectivity index (χ4n) is 2.32. The molecule has 1 aromatic carbocycles. The second-order valence-electron chi connectivity index (χ2n) is 4.92. The second-order valence-corrected chi connectivity index (χ2v) is 4.92. The molecule has 1 aliphatic carbocycles. The molecule has 0 spiro atoms. The third-order valence-electron chi connectivity index (χ3n) is 3.35. The van der Waals surface area contributed by atoms with Crippen LogP contribution in [0.3, 0.4) is 0 Å². The molecule has 0 radical (unpaired) electrons. The van der Waals surface area contributed by atoms with Gasteiger partial charge in [0.25, 0.3) is 0 Å². The van der Waals surface area contributed by atoms with E-state index in [4.69, 9.17) is 0 Å². The van der Waals surface area contributed by atoms with Crippen LogP contribution in [0.2, 0.25) is 0 Å². The van der Waals surface area contributed by atoms with Crippen molar-refractivity contribution in [1.29, 1.82) is 0 Å². The van der Waals surface area contributed by atoms with Crippen LogP contribution in [0.1, 0.15) is 49.5 Å². The zero-order chi connectivity index (χ0) is 10.8. The summed E-state index contributed by atoms with van der Waals surface area (Å²) in [5.74, 6) is 0.298. The fraction of sp³-hybridized carbons (Fsp3) is 0.571. The predicted molar refractivity (Wildman–Crippen MR) is 62.9 cm³/mol. The molecule has 0 aliphatic heterocycles. The Kier molecular flexibility index (Phi) is 3.11. The zero-order valence-corrected chi connectivity index (χ0v) is 9.66. The summed E-state index contributed by atoms with van der Waals surface area (Å²) in [6.07, 6.45) is 4.71. The Morgan fingerprint density at radius 3 is 2.40 bits per heavy atom. The van der Waals surface area contributed by atoms with E-state index in [0.29, 0.717) is 5.92 Å². The highest BCUT2D eigenvalue weighted by Gasteiger charge is 2.15. The average molecular weight is 204 g/mol. The van der Waals surface area contributed by atoms with Crippen LogP contribution in [0.4, 0.5) is 0 Å². The van der Waals surface area contributed by atoms with Crippen molar-refractivity contribution in [2.75, 3.05) is 0 Å². The van der Waals surface area contributed by atoms with Gasteiger partial charge in [0.1, 0.15) is 0 Å². The molecule has 1 aliphatic rings. The number of hydrogen-bond acceptors (Lipinski definition) is 1. The minimum Gasteiger partial charge on any atom is -0.388 e. The molecule has 0 bridgehead atoms. The zero-order valence-electron chi connectivity index (χ0n) is 9.66. The Balaban J connectivity index is 2.27. The molecular weight excluding hydrogens is 184 g/mol. The Bertz CT molecular complexity index is 341. The summed E-state index contributed by atoms with van der Waals surface area (Å²) in [6, 6.07) is 6.50. The van der Waals surface area contributed by atoms with E-state index in [9.17, 15) is 5.11 Å². The number of hydrogen-bond donors (Lipinski definition) is 1. The van der Waals surface area contributed by atoms with Crippen LogP contribution in [0.15, 0.2) is 18.2 Å². The van der Waals surface area contributed by atoms with Gasteiger partial charge >= 0.3 is 0 Å². The fourth-order valence-corrected chi connectivity index (χ4v) is 2.32. The van der Waals surface area contributed by atoms with Crippen LogP contribution >= 0.6 is 0 Å². The summed E-state index contributed by atoms with van der Waals surface area (Å²) in [7, 11) is 0. The van der Waals surface area contributed by atoms with Gasteiger partial charge in [-0.05, 0) is 48.3 Å². The third-order valence-corrected chi connectivity index (χ3v) is 3.35. The van der Waals surface area contributed by atoms with Gasteiger partial charge in [-0.2, -0.15) is 0 Å². The Hall–Kier alpha value is -0.820. The van der Waals surface area contributed by atoms with Crippen LogP contribution in [-0.4, -0.2) is 5.11 Å². The van der Waals surface area contributed by atoms with E-state index in [0.717, 1.165) is 5.56 Å². The largest absolute Gasteiger partial charge is 0.388 e. The molecule has 0 unspecified atom stereocenters. The van der Waals surface area contributed by atoms with E-state index in [1.165, 1.54) is 36.8 Å². The van der Waals surface area contributed by atoms with Crippen LogP contribution < -0.4 is 0 Å². The standard InChI is InChI=1S/C14H20O/c1-10(2)14(15)13-8-7-11-5-3-4-6-12(11)9-13/h7-10,14-15H,3-6H2,1-2H3/t14-/m1/s1. The molecule has 1 nitrogen and oxygen atoms in total. The molecule has 0 saturated carbocycles. The summed E-state index contributed by atoms with van der Waals surface area (Å²) in [4.78, 5) is 0. The highest BCUT2D eigenvalue weighted by atomic mass is 16.3. The van der Waals surface area contributed by atoms with Crippen LogP contribution in [0.5, 0.6) is 0 Å². The smallest absolute Gasteiger partial charge is 0.0813 e. The van der Waals surface area contributed by atoms with Gasteiger partial charge in [0, 0.05) is 0 Å². The van der Waals surface area contributed by atoms with E-state index in [-0.39, 0.29) is 6.10 Å². The maximum atomic E-state index is 10.00. The number of aliphatic hydroxyl groups excluding tert-OH is 1. The topological polar surface area (TPSA) is 20.2 Å². The lowest BCUT2D eigenvalue weighted by Crippen LogP contribution is -2.08. The van der Waals surface area contributed by atoms with Gasteiger partial charge in [0.05, 0.1) is 6.10 Å². The molecule has 0 aromatic heterocycles. The molecule has 1 heteroatoms. The average Bonchev–Trinajstić information content (AvgIpc) is 2.27. The first-order valence-corrected chi connectivity index (χ1v) is 5.98. The van der Waals surface area contributed by atoms with Crippen LogP contribution in [0, 0.1) is 5.92 Å². The van der Waals surface area contributed by atoms with Crippen LogP contribution in [-0.2, 0) is 12.8 Å². The first-order chi connectivity index (χ1) is 7.18. The monoisotopic (exact) mass is 204 g/mol. The quantitative estimate of drug-likeness (QED) is 0.784. The van der Waals surface area contributed by atoms with Crippen LogP contribution in [0.25, 0.3) is 0 Å². The summed E-state index contributed by atoms with van der Waals surface area (Å²) in [6.45, 7) is 4.12. The number of benzene rings is 1. The number of aliphatic hydroxyl groups is 1. The normalized spacial score (nSPS) is 17.6. The molecule has 1 aromatic rings. The highest BCUT2D eigenvalue weighted by Crippen LogP contribution is 2.27. The predicted octanol–water partition coefficient (Wildman–Crippen LogP) is 3.25. The number of rotatable bonds is 2. The summed E-state index contributed by atoms with van der Waals surface area (Å²) >= 11 is 0. The lowest BCUT2D eigenvalue weighted by molar-refractivity contribution is 0.127. The molecule has 1 atom stereocenters. The van der Waals surface area contributed by atoms with E-state index >= 15 is 0 Å². The molecule has 0 saturated heterocycles. The first-order valence-electron chi connectivity index (χ1n) is 5.98. The van der Waals surface area contributed by atoms with Gasteiger partial charge in [-0.15, -0.1) is 0 Å². The van der Waals surface area contributed by atoms with Gasteiger partial charge in [-0.1, -0.05) is 32.0 Å². The summed E-state index contributed by atoms with van der Waals surface area (Å²) in [5.41, 5.74) is 4.03. The molecule has 0 heterocycles. The third kappa shape index (κ3) is 2.23.